The fourth-order valence-electron chi connectivity index (χ4n) is 2.01. The smallest absolute Gasteiger partial charge is 0.227 e. The van der Waals surface area contributed by atoms with Gasteiger partial charge in [0.1, 0.15) is 6.33 Å². The monoisotopic (exact) mass is 242 g/mol. The van der Waals surface area contributed by atoms with Crippen LogP contribution in [0.25, 0.3) is 0 Å². The van der Waals surface area contributed by atoms with Crippen molar-refractivity contribution < 1.29 is 0 Å². The molecule has 90 valence electrons. The average Bonchev–Trinajstić information content (AvgIpc) is 1.96. The first-order chi connectivity index (χ1) is 7.18. The molecule has 0 aliphatic heterocycles. The van der Waals surface area contributed by atoms with E-state index in [9.17, 15) is 0 Å². The van der Waals surface area contributed by atoms with E-state index in [4.69, 9.17) is 11.6 Å². The van der Waals surface area contributed by atoms with Crippen LogP contribution in [0.1, 0.15) is 41.0 Å². The van der Waals surface area contributed by atoms with E-state index in [1.165, 1.54) is 6.33 Å². The highest BCUT2D eigenvalue weighted by atomic mass is 35.5. The van der Waals surface area contributed by atoms with Crippen molar-refractivity contribution in [3.8, 4) is 0 Å². The van der Waals surface area contributed by atoms with Crippen molar-refractivity contribution in [2.75, 3.05) is 5.32 Å². The summed E-state index contributed by atoms with van der Waals surface area (Å²) in [6.07, 6.45) is 2.41. The van der Waals surface area contributed by atoms with Crippen molar-refractivity contribution in [2.24, 2.45) is 5.41 Å². The van der Waals surface area contributed by atoms with Gasteiger partial charge >= 0.3 is 0 Å². The highest BCUT2D eigenvalue weighted by Crippen LogP contribution is 2.28. The van der Waals surface area contributed by atoms with Crippen LogP contribution in [0.4, 0.5) is 5.95 Å². The third kappa shape index (κ3) is 4.75. The number of anilines is 1. The summed E-state index contributed by atoms with van der Waals surface area (Å²) in [7, 11) is 0. The summed E-state index contributed by atoms with van der Waals surface area (Å²) >= 11 is 5.70. The Morgan fingerprint density at radius 1 is 1.19 bits per heavy atom. The predicted octanol–water partition coefficient (Wildman–Crippen LogP) is 3.15. The molecule has 0 atom stereocenters. The Morgan fingerprint density at radius 3 is 2.31 bits per heavy atom. The van der Waals surface area contributed by atoms with E-state index in [0.717, 1.165) is 6.42 Å². The first-order valence-corrected chi connectivity index (χ1v) is 5.68. The van der Waals surface area contributed by atoms with Crippen LogP contribution >= 0.6 is 11.6 Å². The van der Waals surface area contributed by atoms with Crippen molar-refractivity contribution in [1.82, 2.24) is 15.0 Å². The summed E-state index contributed by atoms with van der Waals surface area (Å²) in [5.41, 5.74) is 0.163. The molecule has 0 radical (unpaired) electrons. The minimum absolute atomic E-state index is 0.0804. The average molecular weight is 243 g/mol. The highest BCUT2D eigenvalue weighted by molar-refractivity contribution is 6.28. The highest BCUT2D eigenvalue weighted by Gasteiger charge is 2.26. The lowest BCUT2D eigenvalue weighted by Crippen LogP contribution is -2.36. The van der Waals surface area contributed by atoms with Gasteiger partial charge in [-0.15, -0.1) is 0 Å². The van der Waals surface area contributed by atoms with Gasteiger partial charge in [0.05, 0.1) is 0 Å². The number of nitrogens with zero attached hydrogens (tertiary/aromatic N) is 3. The standard InChI is InChI=1S/C11H19ClN4/c1-10(2,3)6-11(4,5)16-9-14-7-13-8(12)15-9/h7H,6H2,1-5H3,(H,13,14,15,16). The number of hydrogen-bond acceptors (Lipinski definition) is 4. The fourth-order valence-corrected chi connectivity index (χ4v) is 2.13. The lowest BCUT2D eigenvalue weighted by molar-refractivity contribution is 0.301. The Hall–Kier alpha value is -0.900. The zero-order valence-corrected chi connectivity index (χ0v) is 11.3. The Kier molecular flexibility index (Phi) is 3.73. The van der Waals surface area contributed by atoms with Gasteiger partial charge < -0.3 is 5.32 Å². The molecule has 5 heteroatoms. The van der Waals surface area contributed by atoms with Gasteiger partial charge in [-0.05, 0) is 37.3 Å². The second-order valence-electron chi connectivity index (χ2n) is 5.82. The van der Waals surface area contributed by atoms with Gasteiger partial charge in [0, 0.05) is 5.54 Å². The zero-order valence-electron chi connectivity index (χ0n) is 10.5. The SMILES string of the molecule is CC(C)(C)CC(C)(C)Nc1ncnc(Cl)n1. The summed E-state index contributed by atoms with van der Waals surface area (Å²) in [6.45, 7) is 10.9. The molecule has 0 bridgehead atoms. The Labute approximate surface area is 102 Å². The number of hydrogen-bond donors (Lipinski definition) is 1. The normalized spacial score (nSPS) is 12.6. The van der Waals surface area contributed by atoms with Gasteiger partial charge in [-0.2, -0.15) is 4.98 Å². The van der Waals surface area contributed by atoms with Gasteiger partial charge in [0.25, 0.3) is 0 Å². The molecular weight excluding hydrogens is 224 g/mol. The summed E-state index contributed by atoms with van der Waals surface area (Å²) in [5.74, 6) is 0.522. The van der Waals surface area contributed by atoms with Crippen molar-refractivity contribution in [2.45, 2.75) is 46.6 Å². The van der Waals surface area contributed by atoms with Crippen LogP contribution in [0, 0.1) is 5.41 Å². The molecule has 4 nitrogen and oxygen atoms in total. The van der Waals surface area contributed by atoms with Gasteiger partial charge in [-0.3, -0.25) is 0 Å². The van der Waals surface area contributed by atoms with Crippen LogP contribution in [0.15, 0.2) is 6.33 Å². The summed E-state index contributed by atoms with van der Waals surface area (Å²) < 4.78 is 0. The molecule has 0 fully saturated rings. The van der Waals surface area contributed by atoms with E-state index in [1.807, 2.05) is 0 Å². The molecular formula is C11H19ClN4. The zero-order chi connectivity index (χ0) is 12.4. The third-order valence-corrected chi connectivity index (χ3v) is 2.15. The van der Waals surface area contributed by atoms with Crippen LogP contribution in [-0.4, -0.2) is 20.5 Å². The molecule has 1 aromatic rings. The minimum Gasteiger partial charge on any atom is -0.349 e. The fraction of sp³-hybridized carbons (Fsp3) is 0.727. The molecule has 0 saturated carbocycles. The Balaban J connectivity index is 2.72. The van der Waals surface area contributed by atoms with E-state index in [1.54, 1.807) is 0 Å². The quantitative estimate of drug-likeness (QED) is 0.885. The van der Waals surface area contributed by atoms with E-state index >= 15 is 0 Å². The molecule has 1 heterocycles. The van der Waals surface area contributed by atoms with Gasteiger partial charge in [-0.25, -0.2) is 9.97 Å². The molecule has 0 aliphatic rings. The largest absolute Gasteiger partial charge is 0.349 e. The van der Waals surface area contributed by atoms with Crippen LogP contribution in [-0.2, 0) is 0 Å². The van der Waals surface area contributed by atoms with Crippen molar-refractivity contribution in [3.63, 3.8) is 0 Å². The summed E-state index contributed by atoms with van der Waals surface area (Å²) in [6, 6.07) is 0. The molecule has 16 heavy (non-hydrogen) atoms. The molecule has 0 amide bonds. The van der Waals surface area contributed by atoms with Crippen LogP contribution in [0.2, 0.25) is 5.28 Å². The minimum atomic E-state index is -0.0804. The Morgan fingerprint density at radius 2 is 1.81 bits per heavy atom. The lowest BCUT2D eigenvalue weighted by Gasteiger charge is -2.33. The van der Waals surface area contributed by atoms with E-state index < -0.39 is 0 Å². The van der Waals surface area contributed by atoms with Crippen LogP contribution < -0.4 is 5.32 Å². The van der Waals surface area contributed by atoms with Crippen molar-refractivity contribution >= 4 is 17.5 Å². The molecule has 0 saturated heterocycles. The van der Waals surface area contributed by atoms with E-state index in [2.05, 4.69) is 54.9 Å². The first kappa shape index (κ1) is 13.2. The molecule has 1 rings (SSSR count). The first-order valence-electron chi connectivity index (χ1n) is 5.31. The molecule has 0 aromatic carbocycles. The number of halogens is 1. The topological polar surface area (TPSA) is 50.7 Å². The maximum absolute atomic E-state index is 5.70. The molecule has 0 aliphatic carbocycles. The summed E-state index contributed by atoms with van der Waals surface area (Å²) in [4.78, 5) is 11.8. The van der Waals surface area contributed by atoms with Crippen LogP contribution in [0.3, 0.4) is 0 Å². The molecule has 0 unspecified atom stereocenters. The molecule has 1 N–H and O–H groups in total. The van der Waals surface area contributed by atoms with E-state index in [0.29, 0.717) is 5.95 Å². The second kappa shape index (κ2) is 4.53. The maximum Gasteiger partial charge on any atom is 0.227 e. The van der Waals surface area contributed by atoms with E-state index in [-0.39, 0.29) is 16.2 Å². The number of rotatable bonds is 3. The third-order valence-electron chi connectivity index (χ3n) is 1.96. The lowest BCUT2D eigenvalue weighted by atomic mass is 9.82. The van der Waals surface area contributed by atoms with Crippen LogP contribution in [0.5, 0.6) is 0 Å². The van der Waals surface area contributed by atoms with Gasteiger partial charge in [-0.1, -0.05) is 20.8 Å². The number of aromatic nitrogens is 3. The second-order valence-corrected chi connectivity index (χ2v) is 6.16. The Bertz CT molecular complexity index is 357. The molecule has 1 aromatic heterocycles. The maximum atomic E-state index is 5.70. The van der Waals surface area contributed by atoms with Gasteiger partial charge in [0.15, 0.2) is 0 Å². The predicted molar refractivity (Wildman–Crippen MR) is 66.6 cm³/mol. The number of nitrogens with one attached hydrogen (secondary N) is 1. The van der Waals surface area contributed by atoms with Crippen molar-refractivity contribution in [3.05, 3.63) is 11.6 Å². The summed E-state index contributed by atoms with van der Waals surface area (Å²) in [5, 5.41) is 3.48. The molecule has 0 spiro atoms. The van der Waals surface area contributed by atoms with Crippen molar-refractivity contribution in [1.29, 1.82) is 0 Å². The van der Waals surface area contributed by atoms with Gasteiger partial charge in [0.2, 0.25) is 11.2 Å².